The van der Waals surface area contributed by atoms with Crippen molar-refractivity contribution in [3.63, 3.8) is 0 Å². The zero-order chi connectivity index (χ0) is 19.2. The molecule has 1 N–H and O–H groups in total. The Morgan fingerprint density at radius 1 is 1.07 bits per heavy atom. The fourth-order valence-corrected chi connectivity index (χ4v) is 3.81. The van der Waals surface area contributed by atoms with Crippen molar-refractivity contribution in [1.82, 2.24) is 9.80 Å². The highest BCUT2D eigenvalue weighted by Crippen LogP contribution is 2.19. The zero-order valence-corrected chi connectivity index (χ0v) is 16.4. The average Bonchev–Trinajstić information content (AvgIpc) is 2.66. The van der Waals surface area contributed by atoms with Crippen LogP contribution < -0.4 is 0 Å². The van der Waals surface area contributed by atoms with Gasteiger partial charge in [0.25, 0.3) is 0 Å². The van der Waals surface area contributed by atoms with E-state index in [-0.39, 0.29) is 12.4 Å². The van der Waals surface area contributed by atoms with Crippen LogP contribution in [0.2, 0.25) is 0 Å². The summed E-state index contributed by atoms with van der Waals surface area (Å²) in [6.45, 7) is 8.64. The highest BCUT2D eigenvalue weighted by atomic mass is 16.3. The third-order valence-corrected chi connectivity index (χ3v) is 5.40. The van der Waals surface area contributed by atoms with Gasteiger partial charge < -0.3 is 5.11 Å². The number of rotatable bonds is 7. The second-order valence-electron chi connectivity index (χ2n) is 7.61. The van der Waals surface area contributed by atoms with Gasteiger partial charge in [-0.2, -0.15) is 0 Å². The molecule has 4 nitrogen and oxygen atoms in total. The molecule has 144 valence electrons. The Labute approximate surface area is 162 Å². The van der Waals surface area contributed by atoms with Gasteiger partial charge in [0, 0.05) is 50.9 Å². The number of aliphatic hydroxyl groups is 1. The molecule has 1 aliphatic heterocycles. The molecule has 27 heavy (non-hydrogen) atoms. The summed E-state index contributed by atoms with van der Waals surface area (Å²) >= 11 is 0. The van der Waals surface area contributed by atoms with Crippen LogP contribution in [0.4, 0.5) is 0 Å². The molecule has 4 heteroatoms. The van der Waals surface area contributed by atoms with E-state index in [1.165, 1.54) is 16.7 Å². The molecule has 0 saturated carbocycles. The standard InChI is InChI=1S/C23H30N2O2/c1-18-6-8-20(9-7-18)16-25-12-11-24(17-23(25)10-13-26)15-21-4-3-5-22(14-21)19(2)27/h3-9,14,23,26H,10-13,15-17H2,1-2H3/t23-/m1/s1. The number of hydrogen-bond acceptors (Lipinski definition) is 4. The minimum atomic E-state index is 0.109. The molecule has 0 aromatic heterocycles. The molecule has 0 radical (unpaired) electrons. The number of carbonyl (C=O) groups excluding carboxylic acids is 1. The number of piperazine rings is 1. The smallest absolute Gasteiger partial charge is 0.159 e. The number of ketones is 1. The van der Waals surface area contributed by atoms with Gasteiger partial charge in [-0.05, 0) is 37.5 Å². The van der Waals surface area contributed by atoms with E-state index in [0.717, 1.165) is 44.7 Å². The van der Waals surface area contributed by atoms with E-state index >= 15 is 0 Å². The lowest BCUT2D eigenvalue weighted by Gasteiger charge is -2.41. The van der Waals surface area contributed by atoms with E-state index in [2.05, 4.69) is 47.1 Å². The first-order valence-electron chi connectivity index (χ1n) is 9.78. The quantitative estimate of drug-likeness (QED) is 0.764. The van der Waals surface area contributed by atoms with Crippen LogP contribution in [-0.2, 0) is 13.1 Å². The number of hydrogen-bond donors (Lipinski definition) is 1. The molecule has 3 rings (SSSR count). The first-order valence-corrected chi connectivity index (χ1v) is 9.78. The lowest BCUT2D eigenvalue weighted by molar-refractivity contribution is 0.0499. The predicted molar refractivity (Wildman–Crippen MR) is 109 cm³/mol. The molecule has 1 fully saturated rings. The van der Waals surface area contributed by atoms with Crippen LogP contribution >= 0.6 is 0 Å². The van der Waals surface area contributed by atoms with E-state index in [9.17, 15) is 9.90 Å². The molecule has 0 aliphatic carbocycles. The molecule has 1 aliphatic rings. The number of aryl methyl sites for hydroxylation is 1. The van der Waals surface area contributed by atoms with Crippen LogP contribution in [0.25, 0.3) is 0 Å². The van der Waals surface area contributed by atoms with Crippen LogP contribution in [0, 0.1) is 6.92 Å². The average molecular weight is 367 g/mol. The predicted octanol–water partition coefficient (Wildman–Crippen LogP) is 3.27. The van der Waals surface area contributed by atoms with Gasteiger partial charge in [-0.15, -0.1) is 0 Å². The first kappa shape index (κ1) is 19.7. The first-order chi connectivity index (χ1) is 13.0. The molecule has 1 saturated heterocycles. The highest BCUT2D eigenvalue weighted by Gasteiger charge is 2.26. The van der Waals surface area contributed by atoms with Gasteiger partial charge in [0.15, 0.2) is 5.78 Å². The van der Waals surface area contributed by atoms with Crippen molar-refractivity contribution in [3.05, 3.63) is 70.8 Å². The van der Waals surface area contributed by atoms with Crippen molar-refractivity contribution in [2.75, 3.05) is 26.2 Å². The van der Waals surface area contributed by atoms with Crippen molar-refractivity contribution in [2.24, 2.45) is 0 Å². The Morgan fingerprint density at radius 3 is 2.56 bits per heavy atom. The number of Topliss-reactive ketones (excluding diaryl/α,β-unsaturated/α-hetero) is 1. The Balaban J connectivity index is 1.63. The van der Waals surface area contributed by atoms with Gasteiger partial charge in [-0.25, -0.2) is 0 Å². The van der Waals surface area contributed by atoms with Gasteiger partial charge in [-0.1, -0.05) is 48.0 Å². The van der Waals surface area contributed by atoms with Gasteiger partial charge in [0.2, 0.25) is 0 Å². The Hall–Kier alpha value is -2.01. The summed E-state index contributed by atoms with van der Waals surface area (Å²) in [4.78, 5) is 16.5. The molecule has 0 amide bonds. The second kappa shape index (κ2) is 9.27. The van der Waals surface area contributed by atoms with Crippen LogP contribution in [0.1, 0.15) is 40.4 Å². The fraction of sp³-hybridized carbons (Fsp3) is 0.435. The maximum atomic E-state index is 11.6. The minimum Gasteiger partial charge on any atom is -0.396 e. The summed E-state index contributed by atoms with van der Waals surface area (Å²) in [6, 6.07) is 17.0. The van der Waals surface area contributed by atoms with Gasteiger partial charge >= 0.3 is 0 Å². The van der Waals surface area contributed by atoms with Crippen LogP contribution in [0.15, 0.2) is 48.5 Å². The summed E-state index contributed by atoms with van der Waals surface area (Å²) in [6.07, 6.45) is 0.788. The van der Waals surface area contributed by atoms with Crippen molar-refractivity contribution in [2.45, 2.75) is 39.4 Å². The molecule has 0 bridgehead atoms. The maximum Gasteiger partial charge on any atom is 0.159 e. The lowest BCUT2D eigenvalue weighted by atomic mass is 10.0. The number of nitrogens with zero attached hydrogens (tertiary/aromatic N) is 2. The monoisotopic (exact) mass is 366 g/mol. The van der Waals surface area contributed by atoms with E-state index in [0.29, 0.717) is 6.04 Å². The molecule has 0 unspecified atom stereocenters. The topological polar surface area (TPSA) is 43.8 Å². The normalized spacial score (nSPS) is 18.6. The SMILES string of the molecule is CC(=O)c1cccc(CN2CCN(Cc3ccc(C)cc3)[C@H](CCO)C2)c1. The Kier molecular flexibility index (Phi) is 6.78. The molecule has 2 aromatic carbocycles. The minimum absolute atomic E-state index is 0.109. The van der Waals surface area contributed by atoms with E-state index in [1.807, 2.05) is 18.2 Å². The zero-order valence-electron chi connectivity index (χ0n) is 16.4. The Bertz CT molecular complexity index is 757. The van der Waals surface area contributed by atoms with Crippen molar-refractivity contribution < 1.29 is 9.90 Å². The molecular formula is C23H30N2O2. The second-order valence-corrected chi connectivity index (χ2v) is 7.61. The highest BCUT2D eigenvalue weighted by molar-refractivity contribution is 5.94. The lowest BCUT2D eigenvalue weighted by Crippen LogP contribution is -2.52. The molecule has 1 atom stereocenters. The number of benzene rings is 2. The summed E-state index contributed by atoms with van der Waals surface area (Å²) in [7, 11) is 0. The third-order valence-electron chi connectivity index (χ3n) is 5.40. The van der Waals surface area contributed by atoms with Crippen LogP contribution in [-0.4, -0.2) is 53.0 Å². The summed E-state index contributed by atoms with van der Waals surface area (Å²) in [5, 5.41) is 9.53. The Morgan fingerprint density at radius 2 is 1.85 bits per heavy atom. The van der Waals surface area contributed by atoms with Crippen LogP contribution in [0.3, 0.4) is 0 Å². The molecule has 0 spiro atoms. The molecule has 1 heterocycles. The van der Waals surface area contributed by atoms with E-state index in [4.69, 9.17) is 0 Å². The van der Waals surface area contributed by atoms with Crippen molar-refractivity contribution in [3.8, 4) is 0 Å². The summed E-state index contributed by atoms with van der Waals surface area (Å²) in [5.74, 6) is 0.109. The summed E-state index contributed by atoms with van der Waals surface area (Å²) in [5.41, 5.74) is 4.56. The van der Waals surface area contributed by atoms with Gasteiger partial charge in [0.1, 0.15) is 0 Å². The maximum absolute atomic E-state index is 11.6. The number of aliphatic hydroxyl groups excluding tert-OH is 1. The molecular weight excluding hydrogens is 336 g/mol. The van der Waals surface area contributed by atoms with Crippen LogP contribution in [0.5, 0.6) is 0 Å². The van der Waals surface area contributed by atoms with Crippen molar-refractivity contribution in [1.29, 1.82) is 0 Å². The van der Waals surface area contributed by atoms with Crippen molar-refractivity contribution >= 4 is 5.78 Å². The van der Waals surface area contributed by atoms with Gasteiger partial charge in [0.05, 0.1) is 0 Å². The number of carbonyl (C=O) groups is 1. The van der Waals surface area contributed by atoms with E-state index < -0.39 is 0 Å². The fourth-order valence-electron chi connectivity index (χ4n) is 3.81. The van der Waals surface area contributed by atoms with Gasteiger partial charge in [-0.3, -0.25) is 14.6 Å². The third kappa shape index (κ3) is 5.48. The van der Waals surface area contributed by atoms with E-state index in [1.54, 1.807) is 6.92 Å². The molecule has 2 aromatic rings. The largest absolute Gasteiger partial charge is 0.396 e. The summed E-state index contributed by atoms with van der Waals surface area (Å²) < 4.78 is 0.